The molecule has 0 aliphatic carbocycles. The Labute approximate surface area is 177 Å². The highest BCUT2D eigenvalue weighted by Crippen LogP contribution is 2.18. The molecule has 6 nitrogen and oxygen atoms in total. The molecule has 4 rings (SSSR count). The van der Waals surface area contributed by atoms with E-state index >= 15 is 0 Å². The summed E-state index contributed by atoms with van der Waals surface area (Å²) in [7, 11) is 1.69. The normalized spacial score (nSPS) is 15.1. The lowest BCUT2D eigenvalue weighted by atomic mass is 10.0. The van der Waals surface area contributed by atoms with Gasteiger partial charge in [0.1, 0.15) is 5.75 Å². The van der Waals surface area contributed by atoms with Gasteiger partial charge in [-0.1, -0.05) is 30.3 Å². The predicted molar refractivity (Wildman–Crippen MR) is 117 cm³/mol. The van der Waals surface area contributed by atoms with Crippen LogP contribution < -0.4 is 10.1 Å². The summed E-state index contributed by atoms with van der Waals surface area (Å²) in [6, 6.07) is 20.1. The van der Waals surface area contributed by atoms with E-state index in [1.54, 1.807) is 7.11 Å². The fourth-order valence-corrected chi connectivity index (χ4v) is 3.94. The first kappa shape index (κ1) is 20.2. The van der Waals surface area contributed by atoms with Gasteiger partial charge in [0.25, 0.3) is 5.91 Å². The van der Waals surface area contributed by atoms with E-state index in [9.17, 15) is 4.79 Å². The van der Waals surface area contributed by atoms with E-state index in [4.69, 9.17) is 4.74 Å². The van der Waals surface area contributed by atoms with E-state index in [0.717, 1.165) is 49.6 Å². The summed E-state index contributed by atoms with van der Waals surface area (Å²) in [6.07, 6.45) is 1.88. The first-order valence-electron chi connectivity index (χ1n) is 10.4. The first-order chi connectivity index (χ1) is 14.6. The molecule has 1 amide bonds. The van der Waals surface area contributed by atoms with Gasteiger partial charge in [0, 0.05) is 31.4 Å². The summed E-state index contributed by atoms with van der Waals surface area (Å²) in [5.74, 6) is 0.791. The number of para-hydroxylation sites is 1. The van der Waals surface area contributed by atoms with E-state index in [2.05, 4.69) is 27.4 Å². The topological polar surface area (TPSA) is 59.4 Å². The maximum atomic E-state index is 12.7. The highest BCUT2D eigenvalue weighted by atomic mass is 16.5. The van der Waals surface area contributed by atoms with Crippen LogP contribution >= 0.6 is 0 Å². The van der Waals surface area contributed by atoms with Crippen LogP contribution in [-0.4, -0.2) is 46.8 Å². The molecule has 2 heterocycles. The molecule has 6 heteroatoms. The molecule has 2 aromatic carbocycles. The van der Waals surface area contributed by atoms with Gasteiger partial charge in [-0.05, 0) is 55.7 Å². The third-order valence-electron chi connectivity index (χ3n) is 5.58. The molecule has 0 spiro atoms. The minimum Gasteiger partial charge on any atom is -0.497 e. The average molecular weight is 405 g/mol. The van der Waals surface area contributed by atoms with Crippen molar-refractivity contribution in [2.75, 3.05) is 20.2 Å². The quantitative estimate of drug-likeness (QED) is 0.682. The average Bonchev–Trinajstić information content (AvgIpc) is 3.18. The molecular weight excluding hydrogens is 376 g/mol. The number of piperidine rings is 1. The van der Waals surface area contributed by atoms with E-state index < -0.39 is 0 Å². The standard InChI is InChI=1S/C24H28N4O2/c1-18-15-23(26-28(18)21-8-4-3-5-9-21)24(29)25-20-11-13-27(14-12-20)17-19-7-6-10-22(16-19)30-2/h3-10,15-16,20H,11-14,17H2,1-2H3,(H,25,29). The number of likely N-dealkylation sites (tertiary alicyclic amines) is 1. The van der Waals surface area contributed by atoms with Crippen molar-refractivity contribution in [1.29, 1.82) is 0 Å². The third kappa shape index (κ3) is 4.71. The molecule has 1 aliphatic heterocycles. The van der Waals surface area contributed by atoms with Gasteiger partial charge < -0.3 is 10.1 Å². The second-order valence-corrected chi connectivity index (χ2v) is 7.79. The molecule has 0 saturated carbocycles. The molecule has 1 aliphatic rings. The number of benzene rings is 2. The van der Waals surface area contributed by atoms with E-state index in [1.807, 2.05) is 60.1 Å². The van der Waals surface area contributed by atoms with Crippen molar-refractivity contribution in [3.05, 3.63) is 77.6 Å². The van der Waals surface area contributed by atoms with Crippen LogP contribution in [0.4, 0.5) is 0 Å². The van der Waals surface area contributed by atoms with Crippen LogP contribution in [0.3, 0.4) is 0 Å². The first-order valence-corrected chi connectivity index (χ1v) is 10.4. The molecule has 0 atom stereocenters. The summed E-state index contributed by atoms with van der Waals surface area (Å²) in [5.41, 5.74) is 3.62. The number of aryl methyl sites for hydroxylation is 1. The van der Waals surface area contributed by atoms with Gasteiger partial charge in [-0.2, -0.15) is 5.10 Å². The molecule has 1 saturated heterocycles. The zero-order valence-corrected chi connectivity index (χ0v) is 17.5. The van der Waals surface area contributed by atoms with Crippen molar-refractivity contribution in [3.63, 3.8) is 0 Å². The highest BCUT2D eigenvalue weighted by molar-refractivity contribution is 5.92. The Bertz CT molecular complexity index is 991. The molecule has 1 fully saturated rings. The third-order valence-corrected chi connectivity index (χ3v) is 5.58. The highest BCUT2D eigenvalue weighted by Gasteiger charge is 2.22. The number of carbonyl (C=O) groups excluding carboxylic acids is 1. The minimum atomic E-state index is -0.0981. The summed E-state index contributed by atoms with van der Waals surface area (Å²) in [4.78, 5) is 15.2. The summed E-state index contributed by atoms with van der Waals surface area (Å²) >= 11 is 0. The summed E-state index contributed by atoms with van der Waals surface area (Å²) < 4.78 is 7.12. The lowest BCUT2D eigenvalue weighted by Crippen LogP contribution is -2.44. The Hall–Kier alpha value is -3.12. The Kier molecular flexibility index (Phi) is 6.14. The number of methoxy groups -OCH3 is 1. The SMILES string of the molecule is COc1cccc(CN2CCC(NC(=O)c3cc(C)n(-c4ccccc4)n3)CC2)c1. The van der Waals surface area contributed by atoms with E-state index in [-0.39, 0.29) is 11.9 Å². The largest absolute Gasteiger partial charge is 0.497 e. The Morgan fingerprint density at radius 2 is 1.87 bits per heavy atom. The van der Waals surface area contributed by atoms with Crippen LogP contribution in [0.5, 0.6) is 5.75 Å². The van der Waals surface area contributed by atoms with Gasteiger partial charge in [0.05, 0.1) is 12.8 Å². The lowest BCUT2D eigenvalue weighted by Gasteiger charge is -2.32. The van der Waals surface area contributed by atoms with Crippen LogP contribution in [0.2, 0.25) is 0 Å². The van der Waals surface area contributed by atoms with E-state index in [0.29, 0.717) is 5.69 Å². The number of carbonyl (C=O) groups is 1. The number of hydrogen-bond donors (Lipinski definition) is 1. The molecule has 3 aromatic rings. The van der Waals surface area contributed by atoms with Crippen molar-refractivity contribution in [3.8, 4) is 11.4 Å². The van der Waals surface area contributed by atoms with Gasteiger partial charge in [-0.25, -0.2) is 4.68 Å². The van der Waals surface area contributed by atoms with Gasteiger partial charge in [-0.3, -0.25) is 9.69 Å². The maximum Gasteiger partial charge on any atom is 0.272 e. The van der Waals surface area contributed by atoms with Gasteiger partial charge in [-0.15, -0.1) is 0 Å². The number of hydrogen-bond acceptors (Lipinski definition) is 4. The van der Waals surface area contributed by atoms with Gasteiger partial charge in [0.2, 0.25) is 0 Å². The molecule has 30 heavy (non-hydrogen) atoms. The molecule has 156 valence electrons. The number of aromatic nitrogens is 2. The number of nitrogens with zero attached hydrogens (tertiary/aromatic N) is 3. The molecular formula is C24H28N4O2. The van der Waals surface area contributed by atoms with E-state index in [1.165, 1.54) is 5.56 Å². The maximum absolute atomic E-state index is 12.7. The summed E-state index contributed by atoms with van der Waals surface area (Å²) in [6.45, 7) is 4.78. The monoisotopic (exact) mass is 404 g/mol. The van der Waals surface area contributed by atoms with Crippen molar-refractivity contribution in [2.24, 2.45) is 0 Å². The predicted octanol–water partition coefficient (Wildman–Crippen LogP) is 3.58. The summed E-state index contributed by atoms with van der Waals surface area (Å²) in [5, 5.41) is 7.68. The number of amides is 1. The molecule has 0 bridgehead atoms. The van der Waals surface area contributed by atoms with Gasteiger partial charge in [0.15, 0.2) is 5.69 Å². The van der Waals surface area contributed by atoms with Crippen LogP contribution in [0, 0.1) is 6.92 Å². The molecule has 1 N–H and O–H groups in total. The zero-order chi connectivity index (χ0) is 20.9. The Morgan fingerprint density at radius 1 is 1.10 bits per heavy atom. The lowest BCUT2D eigenvalue weighted by molar-refractivity contribution is 0.0903. The van der Waals surface area contributed by atoms with Crippen molar-refractivity contribution in [1.82, 2.24) is 20.0 Å². The van der Waals surface area contributed by atoms with Gasteiger partial charge >= 0.3 is 0 Å². The molecule has 1 aromatic heterocycles. The number of nitrogens with one attached hydrogen (secondary N) is 1. The second-order valence-electron chi connectivity index (χ2n) is 7.79. The van der Waals surface area contributed by atoms with Crippen LogP contribution in [0.15, 0.2) is 60.7 Å². The molecule has 0 unspecified atom stereocenters. The minimum absolute atomic E-state index is 0.0981. The Balaban J connectivity index is 1.31. The number of ether oxygens (including phenoxy) is 1. The van der Waals surface area contributed by atoms with Crippen LogP contribution in [-0.2, 0) is 6.54 Å². The Morgan fingerprint density at radius 3 is 2.60 bits per heavy atom. The van der Waals surface area contributed by atoms with Crippen LogP contribution in [0.1, 0.15) is 34.6 Å². The second kappa shape index (κ2) is 9.13. The van der Waals surface area contributed by atoms with Crippen molar-refractivity contribution in [2.45, 2.75) is 32.4 Å². The molecule has 0 radical (unpaired) electrons. The fraction of sp³-hybridized carbons (Fsp3) is 0.333. The number of rotatable bonds is 6. The van der Waals surface area contributed by atoms with Crippen LogP contribution in [0.25, 0.3) is 5.69 Å². The van der Waals surface area contributed by atoms with Crippen molar-refractivity contribution < 1.29 is 9.53 Å². The smallest absolute Gasteiger partial charge is 0.272 e. The zero-order valence-electron chi connectivity index (χ0n) is 17.5. The van der Waals surface area contributed by atoms with Crippen molar-refractivity contribution >= 4 is 5.91 Å². The fourth-order valence-electron chi connectivity index (χ4n) is 3.94.